The highest BCUT2D eigenvalue weighted by Gasteiger charge is 2.09. The zero-order valence-electron chi connectivity index (χ0n) is 10.5. The van der Waals surface area contributed by atoms with Gasteiger partial charge in [-0.1, -0.05) is 0 Å². The lowest BCUT2D eigenvalue weighted by Crippen LogP contribution is -2.27. The van der Waals surface area contributed by atoms with Gasteiger partial charge in [-0.25, -0.2) is 9.78 Å². The lowest BCUT2D eigenvalue weighted by molar-refractivity contribution is 0.687. The third-order valence-electron chi connectivity index (χ3n) is 2.81. The summed E-state index contributed by atoms with van der Waals surface area (Å²) in [6.45, 7) is 4.00. The Bertz CT molecular complexity index is 730. The summed E-state index contributed by atoms with van der Waals surface area (Å²) < 4.78 is 2.38. The lowest BCUT2D eigenvalue weighted by Gasteiger charge is -2.12. The third-order valence-corrected chi connectivity index (χ3v) is 3.96. The molecule has 2 heterocycles. The molecule has 2 rings (SSSR count). The number of rotatable bonds is 2. The molecule has 2 aromatic heterocycles. The molecule has 2 aromatic rings. The number of aryl methyl sites for hydroxylation is 1. The molecule has 0 aromatic carbocycles. The second-order valence-electron chi connectivity index (χ2n) is 4.13. The van der Waals surface area contributed by atoms with Crippen LogP contribution in [0.15, 0.2) is 27.6 Å². The summed E-state index contributed by atoms with van der Waals surface area (Å²) in [6.07, 6.45) is 1.56. The third kappa shape index (κ3) is 2.71. The summed E-state index contributed by atoms with van der Waals surface area (Å²) in [5.41, 5.74) is 2.36. The van der Waals surface area contributed by atoms with E-state index in [0.717, 1.165) is 15.7 Å². The van der Waals surface area contributed by atoms with Crippen LogP contribution < -0.4 is 5.69 Å². The zero-order valence-corrected chi connectivity index (χ0v) is 12.1. The molecule has 0 saturated carbocycles. The Labute approximate surface area is 118 Å². The summed E-state index contributed by atoms with van der Waals surface area (Å²) >= 11 is 3.42. The van der Waals surface area contributed by atoms with Gasteiger partial charge in [-0.05, 0) is 47.5 Å². The van der Waals surface area contributed by atoms with Gasteiger partial charge in [0, 0.05) is 11.9 Å². The molecule has 0 radical (unpaired) electrons. The number of hydrogen-bond acceptors (Lipinski definition) is 4. The molecule has 0 N–H and O–H groups in total. The number of nitriles is 1. The quantitative estimate of drug-likeness (QED) is 0.848. The molecule has 6 heteroatoms. The van der Waals surface area contributed by atoms with Gasteiger partial charge in [0.25, 0.3) is 0 Å². The monoisotopic (exact) mass is 318 g/mol. The van der Waals surface area contributed by atoms with E-state index in [9.17, 15) is 4.79 Å². The molecule has 0 aliphatic heterocycles. The maximum Gasteiger partial charge on any atom is 0.348 e. The molecule has 0 aliphatic carbocycles. The minimum Gasteiger partial charge on any atom is -0.291 e. The Hall–Kier alpha value is -2.00. The van der Waals surface area contributed by atoms with Gasteiger partial charge < -0.3 is 0 Å². The van der Waals surface area contributed by atoms with Crippen LogP contribution in [0.4, 0.5) is 0 Å². The SMILES string of the molecule is Cc1nc(=O)n(Cc2ccnc(C#N)c2)c(C)c1Br. The molecule has 0 fully saturated rings. The summed E-state index contributed by atoms with van der Waals surface area (Å²) in [6, 6.07) is 5.42. The molecule has 0 saturated heterocycles. The van der Waals surface area contributed by atoms with Crippen molar-refractivity contribution >= 4 is 15.9 Å². The molecule has 0 aliphatic rings. The van der Waals surface area contributed by atoms with E-state index in [1.54, 1.807) is 29.8 Å². The number of hydrogen-bond donors (Lipinski definition) is 0. The van der Waals surface area contributed by atoms with Crippen LogP contribution >= 0.6 is 15.9 Å². The van der Waals surface area contributed by atoms with Gasteiger partial charge in [0.05, 0.1) is 16.7 Å². The van der Waals surface area contributed by atoms with E-state index in [-0.39, 0.29) is 5.69 Å². The van der Waals surface area contributed by atoms with Gasteiger partial charge in [-0.2, -0.15) is 10.2 Å². The molecule has 96 valence electrons. The van der Waals surface area contributed by atoms with Crippen LogP contribution in [0.5, 0.6) is 0 Å². The van der Waals surface area contributed by atoms with Crippen molar-refractivity contribution in [3.8, 4) is 6.07 Å². The van der Waals surface area contributed by atoms with Crippen LogP contribution in [0.25, 0.3) is 0 Å². The lowest BCUT2D eigenvalue weighted by atomic mass is 10.2. The van der Waals surface area contributed by atoms with Crippen LogP contribution in [0, 0.1) is 25.2 Å². The first-order valence-corrected chi connectivity index (χ1v) is 6.41. The van der Waals surface area contributed by atoms with Gasteiger partial charge >= 0.3 is 5.69 Å². The van der Waals surface area contributed by atoms with Crippen LogP contribution in [0.3, 0.4) is 0 Å². The Morgan fingerprint density at radius 3 is 2.89 bits per heavy atom. The molecule has 5 nitrogen and oxygen atoms in total. The average molecular weight is 319 g/mol. The second kappa shape index (κ2) is 5.33. The fraction of sp³-hybridized carbons (Fsp3) is 0.231. The first kappa shape index (κ1) is 13.4. The molecule has 0 amide bonds. The van der Waals surface area contributed by atoms with E-state index >= 15 is 0 Å². The second-order valence-corrected chi connectivity index (χ2v) is 4.92. The summed E-state index contributed by atoms with van der Waals surface area (Å²) in [5.74, 6) is 0. The van der Waals surface area contributed by atoms with E-state index in [4.69, 9.17) is 5.26 Å². The largest absolute Gasteiger partial charge is 0.348 e. The number of halogens is 1. The van der Waals surface area contributed by atoms with E-state index < -0.39 is 0 Å². The van der Waals surface area contributed by atoms with E-state index in [0.29, 0.717) is 17.9 Å². The Morgan fingerprint density at radius 1 is 1.47 bits per heavy atom. The van der Waals surface area contributed by atoms with Gasteiger partial charge in [0.15, 0.2) is 0 Å². The minimum absolute atomic E-state index is 0.298. The summed E-state index contributed by atoms with van der Waals surface area (Å²) in [7, 11) is 0. The normalized spacial score (nSPS) is 10.2. The predicted molar refractivity (Wildman–Crippen MR) is 73.7 cm³/mol. The molecule has 0 atom stereocenters. The molecular formula is C13H11BrN4O. The highest BCUT2D eigenvalue weighted by atomic mass is 79.9. The Balaban J connectivity index is 2.47. The highest BCUT2D eigenvalue weighted by Crippen LogP contribution is 2.17. The van der Waals surface area contributed by atoms with Gasteiger partial charge in [-0.15, -0.1) is 0 Å². The van der Waals surface area contributed by atoms with Gasteiger partial charge in [-0.3, -0.25) is 4.57 Å². The maximum absolute atomic E-state index is 11.9. The maximum atomic E-state index is 11.9. The van der Waals surface area contributed by atoms with E-state index in [2.05, 4.69) is 25.9 Å². The van der Waals surface area contributed by atoms with Crippen LogP contribution in [-0.4, -0.2) is 14.5 Å². The minimum atomic E-state index is -0.298. The van der Waals surface area contributed by atoms with Crippen molar-refractivity contribution in [3.05, 3.63) is 55.9 Å². The molecule has 0 unspecified atom stereocenters. The molecule has 0 spiro atoms. The van der Waals surface area contributed by atoms with E-state index in [1.165, 1.54) is 0 Å². The zero-order chi connectivity index (χ0) is 14.0. The molecule has 19 heavy (non-hydrogen) atoms. The standard InChI is InChI=1S/C13H11BrN4O/c1-8-12(14)9(2)18(13(19)17-8)7-10-3-4-16-11(5-10)6-15/h3-5H,7H2,1-2H3. The van der Waals surface area contributed by atoms with Gasteiger partial charge in [0.2, 0.25) is 0 Å². The number of pyridine rings is 1. The van der Waals surface area contributed by atoms with Crippen molar-refractivity contribution in [2.45, 2.75) is 20.4 Å². The summed E-state index contributed by atoms with van der Waals surface area (Å²) in [5, 5.41) is 8.82. The van der Waals surface area contributed by atoms with Crippen molar-refractivity contribution < 1.29 is 0 Å². The van der Waals surface area contributed by atoms with Crippen LogP contribution in [0.2, 0.25) is 0 Å². The van der Waals surface area contributed by atoms with E-state index in [1.807, 2.05) is 13.0 Å². The van der Waals surface area contributed by atoms with Crippen molar-refractivity contribution in [2.24, 2.45) is 0 Å². The first-order chi connectivity index (χ1) is 9.02. The first-order valence-electron chi connectivity index (χ1n) is 5.61. The predicted octanol–water partition coefficient (Wildman–Crippen LogP) is 1.94. The topological polar surface area (TPSA) is 71.6 Å². The van der Waals surface area contributed by atoms with Crippen LogP contribution in [0.1, 0.15) is 22.6 Å². The molecule has 0 bridgehead atoms. The highest BCUT2D eigenvalue weighted by molar-refractivity contribution is 9.10. The average Bonchev–Trinajstić information content (AvgIpc) is 2.41. The van der Waals surface area contributed by atoms with Crippen molar-refractivity contribution in [2.75, 3.05) is 0 Å². The van der Waals surface area contributed by atoms with Gasteiger partial charge in [0.1, 0.15) is 11.8 Å². The Kier molecular flexibility index (Phi) is 3.76. The van der Waals surface area contributed by atoms with Crippen LogP contribution in [-0.2, 0) is 6.54 Å². The number of nitrogens with zero attached hydrogens (tertiary/aromatic N) is 4. The fourth-order valence-corrected chi connectivity index (χ4v) is 2.08. The van der Waals surface area contributed by atoms with Crippen molar-refractivity contribution in [3.63, 3.8) is 0 Å². The Morgan fingerprint density at radius 2 is 2.21 bits per heavy atom. The summed E-state index contributed by atoms with van der Waals surface area (Å²) in [4.78, 5) is 19.8. The number of aromatic nitrogens is 3. The van der Waals surface area contributed by atoms with Crippen molar-refractivity contribution in [1.29, 1.82) is 5.26 Å². The molecular weight excluding hydrogens is 308 g/mol. The fourth-order valence-electron chi connectivity index (χ4n) is 1.78. The van der Waals surface area contributed by atoms with Crippen molar-refractivity contribution in [1.82, 2.24) is 14.5 Å². The smallest absolute Gasteiger partial charge is 0.291 e.